The van der Waals surface area contributed by atoms with Crippen molar-refractivity contribution in [3.05, 3.63) is 0 Å². The van der Waals surface area contributed by atoms with Gasteiger partial charge in [0, 0.05) is 11.3 Å². The lowest BCUT2D eigenvalue weighted by atomic mass is 9.80. The van der Waals surface area contributed by atoms with E-state index >= 15 is 0 Å². The molecule has 0 spiro atoms. The first-order chi connectivity index (χ1) is 7.70. The van der Waals surface area contributed by atoms with Gasteiger partial charge in [-0.05, 0) is 31.2 Å². The van der Waals surface area contributed by atoms with E-state index in [0.717, 1.165) is 42.1 Å². The van der Waals surface area contributed by atoms with Crippen LogP contribution in [0, 0.1) is 11.8 Å². The van der Waals surface area contributed by atoms with Gasteiger partial charge in [-0.1, -0.05) is 20.8 Å². The Morgan fingerprint density at radius 2 is 2.00 bits per heavy atom. The Morgan fingerprint density at radius 3 is 2.56 bits per heavy atom. The predicted octanol–water partition coefficient (Wildman–Crippen LogP) is 2.53. The van der Waals surface area contributed by atoms with E-state index in [2.05, 4.69) is 37.8 Å². The molecule has 2 rings (SSSR count). The molecule has 1 N–H and O–H groups in total. The van der Waals surface area contributed by atoms with Crippen molar-refractivity contribution in [3.63, 3.8) is 0 Å². The van der Waals surface area contributed by atoms with Gasteiger partial charge in [-0.25, -0.2) is 0 Å². The number of ether oxygens (including phenoxy) is 1. The molecule has 0 aromatic rings. The Kier molecular flexibility index (Phi) is 4.57. The van der Waals surface area contributed by atoms with Gasteiger partial charge in [-0.3, -0.25) is 0 Å². The van der Waals surface area contributed by atoms with Gasteiger partial charge in [0.05, 0.1) is 18.5 Å². The summed E-state index contributed by atoms with van der Waals surface area (Å²) in [6.07, 6.45) is 2.75. The van der Waals surface area contributed by atoms with Crippen molar-refractivity contribution in [3.8, 4) is 0 Å². The molecule has 2 nitrogen and oxygen atoms in total. The monoisotopic (exact) mass is 243 g/mol. The van der Waals surface area contributed by atoms with Gasteiger partial charge in [0.15, 0.2) is 0 Å². The number of thioether (sulfide) groups is 1. The first-order valence-electron chi connectivity index (χ1n) is 6.67. The van der Waals surface area contributed by atoms with Crippen molar-refractivity contribution >= 4 is 11.8 Å². The summed E-state index contributed by atoms with van der Waals surface area (Å²) in [5.41, 5.74) is 0. The Morgan fingerprint density at radius 1 is 1.25 bits per heavy atom. The molecule has 0 aromatic carbocycles. The van der Waals surface area contributed by atoms with E-state index in [0.29, 0.717) is 6.04 Å². The number of hydrogen-bond donors (Lipinski definition) is 1. The molecule has 0 amide bonds. The fourth-order valence-electron chi connectivity index (χ4n) is 3.03. The molecule has 1 aliphatic carbocycles. The average Bonchev–Trinajstić information content (AvgIpc) is 2.14. The molecule has 0 bridgehead atoms. The van der Waals surface area contributed by atoms with Crippen LogP contribution in [0.15, 0.2) is 0 Å². The molecule has 1 saturated heterocycles. The SMILES string of the molecule is CCNC1CC(C)CC(C)C1SC1COC1. The quantitative estimate of drug-likeness (QED) is 0.820. The summed E-state index contributed by atoms with van der Waals surface area (Å²) in [5.74, 6) is 1.73. The van der Waals surface area contributed by atoms with Gasteiger partial charge in [0.25, 0.3) is 0 Å². The third-order valence-corrected chi connectivity index (χ3v) is 5.58. The van der Waals surface area contributed by atoms with Crippen LogP contribution < -0.4 is 5.32 Å². The van der Waals surface area contributed by atoms with E-state index in [4.69, 9.17) is 4.74 Å². The molecule has 16 heavy (non-hydrogen) atoms. The molecule has 4 atom stereocenters. The van der Waals surface area contributed by atoms with Gasteiger partial charge in [0.1, 0.15) is 0 Å². The van der Waals surface area contributed by atoms with E-state index < -0.39 is 0 Å². The van der Waals surface area contributed by atoms with Crippen LogP contribution >= 0.6 is 11.8 Å². The van der Waals surface area contributed by atoms with Crippen molar-refractivity contribution in [1.29, 1.82) is 0 Å². The molecule has 1 saturated carbocycles. The van der Waals surface area contributed by atoms with E-state index in [1.54, 1.807) is 0 Å². The number of hydrogen-bond acceptors (Lipinski definition) is 3. The summed E-state index contributed by atoms with van der Waals surface area (Å²) in [6, 6.07) is 0.717. The summed E-state index contributed by atoms with van der Waals surface area (Å²) >= 11 is 2.18. The lowest BCUT2D eigenvalue weighted by Crippen LogP contribution is -2.48. The minimum Gasteiger partial charge on any atom is -0.379 e. The van der Waals surface area contributed by atoms with Gasteiger partial charge >= 0.3 is 0 Å². The van der Waals surface area contributed by atoms with Crippen molar-refractivity contribution in [2.45, 2.75) is 50.2 Å². The largest absolute Gasteiger partial charge is 0.379 e. The zero-order chi connectivity index (χ0) is 11.5. The van der Waals surface area contributed by atoms with E-state index in [1.165, 1.54) is 12.8 Å². The maximum absolute atomic E-state index is 5.29. The van der Waals surface area contributed by atoms with Crippen LogP contribution in [-0.2, 0) is 4.74 Å². The lowest BCUT2D eigenvalue weighted by Gasteiger charge is -2.42. The van der Waals surface area contributed by atoms with Crippen LogP contribution in [-0.4, -0.2) is 36.3 Å². The van der Waals surface area contributed by atoms with Gasteiger partial charge < -0.3 is 10.1 Å². The second kappa shape index (κ2) is 5.74. The van der Waals surface area contributed by atoms with Crippen LogP contribution in [0.1, 0.15) is 33.6 Å². The summed E-state index contributed by atoms with van der Waals surface area (Å²) in [6.45, 7) is 10.1. The third kappa shape index (κ3) is 2.93. The van der Waals surface area contributed by atoms with Crippen LogP contribution in [0.25, 0.3) is 0 Å². The zero-order valence-electron chi connectivity index (χ0n) is 10.7. The Labute approximate surface area is 104 Å². The number of nitrogens with one attached hydrogen (secondary N) is 1. The van der Waals surface area contributed by atoms with Crippen molar-refractivity contribution in [1.82, 2.24) is 5.32 Å². The molecule has 0 radical (unpaired) electrons. The second-order valence-corrected chi connectivity index (χ2v) is 6.96. The molecule has 4 unspecified atom stereocenters. The molecule has 2 fully saturated rings. The molecule has 94 valence electrons. The summed E-state index contributed by atoms with van der Waals surface area (Å²) in [4.78, 5) is 0. The molecule has 2 aliphatic rings. The second-order valence-electron chi connectivity index (χ2n) is 5.48. The highest BCUT2D eigenvalue weighted by Crippen LogP contribution is 2.39. The molecule has 1 aliphatic heterocycles. The average molecular weight is 243 g/mol. The fraction of sp³-hybridized carbons (Fsp3) is 1.00. The van der Waals surface area contributed by atoms with Gasteiger partial charge in [0.2, 0.25) is 0 Å². The van der Waals surface area contributed by atoms with Crippen molar-refractivity contribution < 1.29 is 4.74 Å². The Bertz CT molecular complexity index is 220. The molecular formula is C13H25NOS. The minimum atomic E-state index is 0.717. The maximum Gasteiger partial charge on any atom is 0.0608 e. The van der Waals surface area contributed by atoms with Crippen LogP contribution in [0.4, 0.5) is 0 Å². The lowest BCUT2D eigenvalue weighted by molar-refractivity contribution is 0.0447. The molecule has 3 heteroatoms. The smallest absolute Gasteiger partial charge is 0.0608 e. The minimum absolute atomic E-state index is 0.717. The Hall–Kier alpha value is 0.270. The molecule has 1 heterocycles. The fourth-order valence-corrected chi connectivity index (χ4v) is 4.61. The zero-order valence-corrected chi connectivity index (χ0v) is 11.6. The topological polar surface area (TPSA) is 21.3 Å². The van der Waals surface area contributed by atoms with Crippen LogP contribution in [0.2, 0.25) is 0 Å². The molecule has 0 aromatic heterocycles. The normalized spacial score (nSPS) is 40.7. The summed E-state index contributed by atoms with van der Waals surface area (Å²) in [7, 11) is 0. The maximum atomic E-state index is 5.29. The highest BCUT2D eigenvalue weighted by Gasteiger charge is 2.36. The van der Waals surface area contributed by atoms with Gasteiger partial charge in [-0.15, -0.1) is 11.8 Å². The predicted molar refractivity (Wildman–Crippen MR) is 71.0 cm³/mol. The third-order valence-electron chi connectivity index (χ3n) is 3.81. The highest BCUT2D eigenvalue weighted by molar-refractivity contribution is 8.00. The standard InChI is InChI=1S/C13H25NOS/c1-4-14-12-6-9(2)5-10(3)13(12)16-11-7-15-8-11/h9-14H,4-8H2,1-3H3. The molecular weight excluding hydrogens is 218 g/mol. The highest BCUT2D eigenvalue weighted by atomic mass is 32.2. The first kappa shape index (κ1) is 12.7. The van der Waals surface area contributed by atoms with E-state index in [9.17, 15) is 0 Å². The van der Waals surface area contributed by atoms with E-state index in [-0.39, 0.29) is 0 Å². The van der Waals surface area contributed by atoms with Crippen molar-refractivity contribution in [2.75, 3.05) is 19.8 Å². The number of rotatable bonds is 4. The van der Waals surface area contributed by atoms with Crippen LogP contribution in [0.3, 0.4) is 0 Å². The van der Waals surface area contributed by atoms with Crippen LogP contribution in [0.5, 0.6) is 0 Å². The first-order valence-corrected chi connectivity index (χ1v) is 7.61. The Balaban J connectivity index is 1.92. The van der Waals surface area contributed by atoms with Gasteiger partial charge in [-0.2, -0.15) is 0 Å². The summed E-state index contributed by atoms with van der Waals surface area (Å²) < 4.78 is 5.29. The summed E-state index contributed by atoms with van der Waals surface area (Å²) in [5, 5.41) is 5.25. The van der Waals surface area contributed by atoms with E-state index in [1.807, 2.05) is 0 Å². The van der Waals surface area contributed by atoms with Crippen molar-refractivity contribution in [2.24, 2.45) is 11.8 Å².